The number of tetrazole rings is 1. The van der Waals surface area contributed by atoms with Gasteiger partial charge in [-0.25, -0.2) is 9.67 Å². The highest BCUT2D eigenvalue weighted by Gasteiger charge is 2.14. The Morgan fingerprint density at radius 3 is 2.60 bits per heavy atom. The Balaban J connectivity index is 1.59. The molecule has 0 radical (unpaired) electrons. The van der Waals surface area contributed by atoms with Crippen LogP contribution in [-0.2, 0) is 13.0 Å². The number of aryl methyl sites for hydroxylation is 1. The molecule has 0 saturated carbocycles. The summed E-state index contributed by atoms with van der Waals surface area (Å²) >= 11 is 0. The van der Waals surface area contributed by atoms with E-state index in [9.17, 15) is 0 Å². The van der Waals surface area contributed by atoms with Crippen molar-refractivity contribution < 1.29 is 0 Å². The Labute approximate surface area is 175 Å². The van der Waals surface area contributed by atoms with Gasteiger partial charge in [-0.3, -0.25) is 4.98 Å². The molecule has 0 aliphatic rings. The largest absolute Gasteiger partial charge is 0.264 e. The molecule has 8 heteroatoms. The van der Waals surface area contributed by atoms with Crippen molar-refractivity contribution in [1.82, 2.24) is 40.4 Å². The van der Waals surface area contributed by atoms with Gasteiger partial charge in [0.25, 0.3) is 0 Å². The minimum absolute atomic E-state index is 0.322. The Hall–Kier alpha value is -3.42. The Morgan fingerprint density at radius 1 is 1.07 bits per heavy atom. The van der Waals surface area contributed by atoms with Crippen molar-refractivity contribution in [2.45, 2.75) is 52.5 Å². The topological polar surface area (TPSA) is 98.1 Å². The second-order valence-electron chi connectivity index (χ2n) is 7.66. The summed E-state index contributed by atoms with van der Waals surface area (Å²) in [6, 6.07) is 10.4. The zero-order chi connectivity index (χ0) is 20.9. The van der Waals surface area contributed by atoms with Gasteiger partial charge in [0.2, 0.25) is 5.82 Å². The summed E-state index contributed by atoms with van der Waals surface area (Å²) < 4.78 is 2.05. The molecule has 0 atom stereocenters. The number of benzene rings is 1. The van der Waals surface area contributed by atoms with Gasteiger partial charge in [0.05, 0.1) is 6.54 Å². The Morgan fingerprint density at radius 2 is 1.90 bits per heavy atom. The number of hydrogen-bond donors (Lipinski definition) is 1. The highest BCUT2D eigenvalue weighted by Crippen LogP contribution is 2.29. The van der Waals surface area contributed by atoms with Crippen molar-refractivity contribution >= 4 is 0 Å². The van der Waals surface area contributed by atoms with Crippen LogP contribution < -0.4 is 0 Å². The number of aromatic nitrogens is 8. The average molecular weight is 403 g/mol. The molecule has 0 aliphatic carbocycles. The van der Waals surface area contributed by atoms with Gasteiger partial charge in [-0.05, 0) is 28.8 Å². The first-order valence-electron chi connectivity index (χ1n) is 10.4. The van der Waals surface area contributed by atoms with Crippen molar-refractivity contribution in [3.05, 3.63) is 59.9 Å². The van der Waals surface area contributed by atoms with Crippen LogP contribution in [0.4, 0.5) is 0 Å². The van der Waals surface area contributed by atoms with E-state index < -0.39 is 0 Å². The van der Waals surface area contributed by atoms with E-state index in [0.29, 0.717) is 18.3 Å². The lowest BCUT2D eigenvalue weighted by Gasteiger charge is -2.09. The number of aromatic amines is 1. The molecule has 4 rings (SSSR count). The zero-order valence-electron chi connectivity index (χ0n) is 17.6. The van der Waals surface area contributed by atoms with Gasteiger partial charge >= 0.3 is 0 Å². The summed E-state index contributed by atoms with van der Waals surface area (Å²) in [5.41, 5.74) is 4.10. The van der Waals surface area contributed by atoms with Crippen LogP contribution >= 0.6 is 0 Å². The van der Waals surface area contributed by atoms with Crippen LogP contribution in [0.5, 0.6) is 0 Å². The molecule has 0 spiro atoms. The number of nitrogens with zero attached hydrogens (tertiary/aromatic N) is 7. The van der Waals surface area contributed by atoms with Crippen LogP contribution in [0.2, 0.25) is 0 Å². The molecule has 3 aromatic heterocycles. The molecule has 0 unspecified atom stereocenters. The molecule has 1 aromatic carbocycles. The van der Waals surface area contributed by atoms with E-state index in [1.165, 1.54) is 5.56 Å². The summed E-state index contributed by atoms with van der Waals surface area (Å²) in [5, 5.41) is 19.1. The van der Waals surface area contributed by atoms with Crippen LogP contribution in [0, 0.1) is 0 Å². The zero-order valence-corrected chi connectivity index (χ0v) is 17.6. The first kappa shape index (κ1) is 19.9. The number of pyridine rings is 1. The van der Waals surface area contributed by atoms with Gasteiger partial charge in [0.15, 0.2) is 5.82 Å². The fourth-order valence-electron chi connectivity index (χ4n) is 3.34. The molecule has 8 nitrogen and oxygen atoms in total. The Kier molecular flexibility index (Phi) is 5.92. The van der Waals surface area contributed by atoms with Crippen LogP contribution in [0.25, 0.3) is 22.5 Å². The molecule has 3 heterocycles. The number of H-pyrrole nitrogens is 1. The van der Waals surface area contributed by atoms with E-state index in [-0.39, 0.29) is 0 Å². The molecule has 0 fully saturated rings. The van der Waals surface area contributed by atoms with Gasteiger partial charge in [0.1, 0.15) is 5.82 Å². The van der Waals surface area contributed by atoms with Gasteiger partial charge in [0, 0.05) is 35.9 Å². The van der Waals surface area contributed by atoms with Crippen LogP contribution in [0.3, 0.4) is 0 Å². The maximum Gasteiger partial charge on any atom is 0.205 e. The smallest absolute Gasteiger partial charge is 0.205 e. The monoisotopic (exact) mass is 402 g/mol. The van der Waals surface area contributed by atoms with Crippen molar-refractivity contribution in [3.8, 4) is 22.5 Å². The highest BCUT2D eigenvalue weighted by molar-refractivity contribution is 5.79. The maximum atomic E-state index is 4.77. The van der Waals surface area contributed by atoms with Gasteiger partial charge in [-0.15, -0.1) is 10.2 Å². The summed E-state index contributed by atoms with van der Waals surface area (Å²) in [6.07, 6.45) is 6.79. The first-order chi connectivity index (χ1) is 14.7. The predicted octanol–water partition coefficient (Wildman–Crippen LogP) is 4.03. The van der Waals surface area contributed by atoms with E-state index in [4.69, 9.17) is 10.1 Å². The van der Waals surface area contributed by atoms with E-state index in [2.05, 4.69) is 75.3 Å². The lowest BCUT2D eigenvalue weighted by Crippen LogP contribution is -2.07. The third-order valence-corrected chi connectivity index (χ3v) is 5.04. The normalized spacial score (nSPS) is 11.3. The van der Waals surface area contributed by atoms with E-state index in [1.807, 2.05) is 12.3 Å². The van der Waals surface area contributed by atoms with E-state index >= 15 is 0 Å². The molecule has 0 amide bonds. The fraction of sp³-hybridized carbons (Fsp3) is 0.364. The van der Waals surface area contributed by atoms with E-state index in [1.54, 1.807) is 6.20 Å². The quantitative estimate of drug-likeness (QED) is 0.478. The number of rotatable bonds is 8. The minimum Gasteiger partial charge on any atom is -0.264 e. The van der Waals surface area contributed by atoms with Crippen molar-refractivity contribution in [3.63, 3.8) is 0 Å². The molecule has 30 heavy (non-hydrogen) atoms. The lowest BCUT2D eigenvalue weighted by molar-refractivity contribution is 0.610. The average Bonchev–Trinajstić information content (AvgIpc) is 3.43. The molecule has 0 bridgehead atoms. The Bertz CT molecular complexity index is 1080. The minimum atomic E-state index is 0.322. The van der Waals surface area contributed by atoms with Gasteiger partial charge in [-0.2, -0.15) is 10.3 Å². The van der Waals surface area contributed by atoms with E-state index in [0.717, 1.165) is 47.6 Å². The van der Waals surface area contributed by atoms with Crippen LogP contribution in [0.15, 0.2) is 42.7 Å². The standard InChI is InChI=1S/C22H26N8/c1-4-5-6-20-24-21(15(2)3)27-30(20)14-16-7-9-17(10-8-16)19-13-23-12-11-18(19)22-25-28-29-26-22/h7-13,15H,4-6,14H2,1-3H3,(H,25,26,28,29). The SMILES string of the molecule is CCCCc1nc(C(C)C)nn1Cc1ccc(-c2cnccc2-c2nn[nH]n2)cc1. The number of hydrogen-bond acceptors (Lipinski definition) is 6. The molecule has 154 valence electrons. The number of unbranched alkanes of at least 4 members (excludes halogenated alkanes) is 1. The van der Waals surface area contributed by atoms with Crippen LogP contribution in [0.1, 0.15) is 56.7 Å². The van der Waals surface area contributed by atoms with Crippen molar-refractivity contribution in [2.75, 3.05) is 0 Å². The third kappa shape index (κ3) is 4.27. The van der Waals surface area contributed by atoms with Crippen molar-refractivity contribution in [1.29, 1.82) is 0 Å². The molecular weight excluding hydrogens is 376 g/mol. The molecule has 0 aliphatic heterocycles. The first-order valence-corrected chi connectivity index (χ1v) is 10.4. The molecule has 0 saturated heterocycles. The summed E-state index contributed by atoms with van der Waals surface area (Å²) in [4.78, 5) is 9.04. The third-order valence-electron chi connectivity index (χ3n) is 5.04. The lowest BCUT2D eigenvalue weighted by atomic mass is 10.0. The second kappa shape index (κ2) is 8.94. The summed E-state index contributed by atoms with van der Waals surface area (Å²) in [5.74, 6) is 2.86. The highest BCUT2D eigenvalue weighted by atomic mass is 15.5. The second-order valence-corrected chi connectivity index (χ2v) is 7.66. The van der Waals surface area contributed by atoms with Gasteiger partial charge < -0.3 is 0 Å². The summed E-state index contributed by atoms with van der Waals surface area (Å²) in [6.45, 7) is 7.18. The molecular formula is C22H26N8. The van der Waals surface area contributed by atoms with Gasteiger partial charge in [-0.1, -0.05) is 51.5 Å². The van der Waals surface area contributed by atoms with Crippen LogP contribution in [-0.4, -0.2) is 40.4 Å². The van der Waals surface area contributed by atoms with Crippen molar-refractivity contribution in [2.24, 2.45) is 0 Å². The molecule has 1 N–H and O–H groups in total. The summed E-state index contributed by atoms with van der Waals surface area (Å²) in [7, 11) is 0. The number of nitrogens with one attached hydrogen (secondary N) is 1. The molecule has 4 aromatic rings. The maximum absolute atomic E-state index is 4.77. The fourth-order valence-corrected chi connectivity index (χ4v) is 3.34. The predicted molar refractivity (Wildman–Crippen MR) is 115 cm³/mol.